The lowest BCUT2D eigenvalue weighted by atomic mass is 10.0. The van der Waals surface area contributed by atoms with Gasteiger partial charge in [0.2, 0.25) is 0 Å². The Balaban J connectivity index is 1.89. The predicted octanol–water partition coefficient (Wildman–Crippen LogP) is 3.31. The number of hydrazine groups is 1. The number of pyridine rings is 1. The van der Waals surface area contributed by atoms with Crippen LogP contribution in [0.1, 0.15) is 23.7 Å². The highest BCUT2D eigenvalue weighted by Crippen LogP contribution is 2.30. The van der Waals surface area contributed by atoms with Crippen LogP contribution in [0.3, 0.4) is 0 Å². The van der Waals surface area contributed by atoms with E-state index < -0.39 is 5.82 Å². The Bertz CT molecular complexity index is 920. The highest BCUT2D eigenvalue weighted by atomic mass is 35.5. The van der Waals surface area contributed by atoms with Gasteiger partial charge in [-0.25, -0.2) is 15.2 Å². The van der Waals surface area contributed by atoms with Crippen molar-refractivity contribution in [2.45, 2.75) is 19.4 Å². The maximum atomic E-state index is 14.0. The monoisotopic (exact) mass is 409 g/mol. The molecule has 0 bridgehead atoms. The molecule has 3 rings (SSSR count). The number of aromatic nitrogens is 1. The molecule has 1 aliphatic rings. The Morgan fingerprint density at radius 2 is 2.07 bits per heavy atom. The number of nitrogens with zero attached hydrogens (tertiary/aromatic N) is 3. The molecule has 2 heterocycles. The highest BCUT2D eigenvalue weighted by molar-refractivity contribution is 6.43. The first-order chi connectivity index (χ1) is 12.8. The number of halogens is 3. The molecule has 6 nitrogen and oxygen atoms in total. The molecule has 1 aliphatic heterocycles. The van der Waals surface area contributed by atoms with Gasteiger partial charge < -0.3 is 10.6 Å². The molecule has 1 unspecified atom stereocenters. The fraction of sp³-hybridized carbons (Fsp3) is 0.222. The molecule has 0 aliphatic carbocycles. The predicted molar refractivity (Wildman–Crippen MR) is 104 cm³/mol. The molecule has 1 amide bonds. The molecule has 0 radical (unpaired) electrons. The molecular weight excluding hydrogens is 392 g/mol. The van der Waals surface area contributed by atoms with Crippen molar-refractivity contribution in [1.29, 1.82) is 0 Å². The molecule has 0 saturated carbocycles. The van der Waals surface area contributed by atoms with E-state index in [1.54, 1.807) is 23.1 Å². The first-order valence-corrected chi connectivity index (χ1v) is 8.94. The van der Waals surface area contributed by atoms with Crippen LogP contribution in [0.2, 0.25) is 10.0 Å². The Hall–Kier alpha value is -2.35. The normalized spacial score (nSPS) is 17.2. The summed E-state index contributed by atoms with van der Waals surface area (Å²) >= 11 is 12.2. The van der Waals surface area contributed by atoms with Crippen LogP contribution in [0.25, 0.3) is 0 Å². The second-order valence-electron chi connectivity index (χ2n) is 6.24. The van der Waals surface area contributed by atoms with E-state index in [0.717, 1.165) is 5.01 Å². The summed E-state index contributed by atoms with van der Waals surface area (Å²) in [5.41, 5.74) is 7.33. The van der Waals surface area contributed by atoms with E-state index in [-0.39, 0.29) is 29.3 Å². The molecule has 1 atom stereocenters. The third kappa shape index (κ3) is 3.71. The van der Waals surface area contributed by atoms with E-state index in [2.05, 4.69) is 4.98 Å². The van der Waals surface area contributed by atoms with E-state index in [0.29, 0.717) is 28.4 Å². The number of benzene rings is 1. The largest absolute Gasteiger partial charge is 0.399 e. The van der Waals surface area contributed by atoms with Crippen molar-refractivity contribution in [3.63, 3.8) is 0 Å². The average molecular weight is 410 g/mol. The minimum atomic E-state index is -0.558. The van der Waals surface area contributed by atoms with Crippen LogP contribution >= 0.6 is 23.2 Å². The maximum absolute atomic E-state index is 14.0. The fourth-order valence-corrected chi connectivity index (χ4v) is 3.36. The molecule has 1 aromatic carbocycles. The molecule has 0 saturated heterocycles. The first-order valence-electron chi connectivity index (χ1n) is 8.19. The third-order valence-corrected chi connectivity index (χ3v) is 5.25. The van der Waals surface area contributed by atoms with Gasteiger partial charge in [0.15, 0.2) is 11.6 Å². The number of hydrogen-bond donors (Lipinski definition) is 2. The van der Waals surface area contributed by atoms with Gasteiger partial charge in [0.05, 0.1) is 27.9 Å². The van der Waals surface area contributed by atoms with E-state index in [4.69, 9.17) is 34.8 Å². The van der Waals surface area contributed by atoms with E-state index in [9.17, 15) is 9.18 Å². The van der Waals surface area contributed by atoms with Crippen LogP contribution in [0.5, 0.6) is 0 Å². The Morgan fingerprint density at radius 1 is 1.33 bits per heavy atom. The van der Waals surface area contributed by atoms with E-state index in [1.165, 1.54) is 18.3 Å². The summed E-state index contributed by atoms with van der Waals surface area (Å²) in [4.78, 5) is 18.5. The maximum Gasteiger partial charge on any atom is 0.256 e. The van der Waals surface area contributed by atoms with Gasteiger partial charge >= 0.3 is 0 Å². The van der Waals surface area contributed by atoms with Crippen LogP contribution < -0.4 is 16.6 Å². The van der Waals surface area contributed by atoms with Crippen LogP contribution in [-0.2, 0) is 0 Å². The molecule has 0 spiro atoms. The van der Waals surface area contributed by atoms with Gasteiger partial charge in [0.25, 0.3) is 5.91 Å². The zero-order valence-electron chi connectivity index (χ0n) is 14.5. The zero-order valence-corrected chi connectivity index (χ0v) is 16.0. The Kier molecular flexibility index (Phi) is 5.55. The van der Waals surface area contributed by atoms with Crippen molar-refractivity contribution in [1.82, 2.24) is 9.88 Å². The number of nitrogens with two attached hydrogens (primary N) is 2. The topological polar surface area (TPSA) is 88.5 Å². The van der Waals surface area contributed by atoms with Crippen LogP contribution in [-0.4, -0.2) is 28.4 Å². The molecule has 27 heavy (non-hydrogen) atoms. The minimum absolute atomic E-state index is 0.0275. The number of amides is 1. The van der Waals surface area contributed by atoms with Crippen molar-refractivity contribution in [2.24, 2.45) is 11.6 Å². The number of anilines is 1. The summed E-state index contributed by atoms with van der Waals surface area (Å²) in [6, 6.07) is 7.38. The quantitative estimate of drug-likeness (QED) is 0.599. The van der Waals surface area contributed by atoms with Gasteiger partial charge in [0.1, 0.15) is 0 Å². The van der Waals surface area contributed by atoms with Crippen LogP contribution in [0.15, 0.2) is 47.9 Å². The van der Waals surface area contributed by atoms with Crippen LogP contribution in [0.4, 0.5) is 10.2 Å². The molecule has 1 aromatic heterocycles. The van der Waals surface area contributed by atoms with Crippen molar-refractivity contribution < 1.29 is 9.18 Å². The van der Waals surface area contributed by atoms with Gasteiger partial charge in [-0.2, -0.15) is 0 Å². The first kappa shape index (κ1) is 19.4. The average Bonchev–Trinajstić information content (AvgIpc) is 2.65. The summed E-state index contributed by atoms with van der Waals surface area (Å²) in [7, 11) is 0. The smallest absolute Gasteiger partial charge is 0.256 e. The summed E-state index contributed by atoms with van der Waals surface area (Å²) in [5.74, 6) is 5.18. The lowest BCUT2D eigenvalue weighted by Crippen LogP contribution is -2.48. The van der Waals surface area contributed by atoms with Gasteiger partial charge in [-0.1, -0.05) is 29.3 Å². The summed E-state index contributed by atoms with van der Waals surface area (Å²) < 4.78 is 14.0. The van der Waals surface area contributed by atoms with E-state index >= 15 is 0 Å². The fourth-order valence-electron chi connectivity index (χ4n) is 2.98. The summed E-state index contributed by atoms with van der Waals surface area (Å²) in [5, 5.41) is 1.63. The second kappa shape index (κ2) is 7.72. The Labute approximate surface area is 166 Å². The van der Waals surface area contributed by atoms with Gasteiger partial charge in [-0.05, 0) is 31.2 Å². The zero-order chi connectivity index (χ0) is 19.7. The highest BCUT2D eigenvalue weighted by Gasteiger charge is 2.32. The number of rotatable bonds is 3. The van der Waals surface area contributed by atoms with E-state index in [1.807, 2.05) is 6.92 Å². The van der Waals surface area contributed by atoms with Crippen molar-refractivity contribution >= 4 is 34.9 Å². The van der Waals surface area contributed by atoms with Gasteiger partial charge in [-0.15, -0.1) is 0 Å². The van der Waals surface area contributed by atoms with Gasteiger partial charge in [0, 0.05) is 24.4 Å². The van der Waals surface area contributed by atoms with Crippen molar-refractivity contribution in [3.05, 3.63) is 69.3 Å². The number of carbonyl (C=O) groups is 1. The minimum Gasteiger partial charge on any atom is -0.399 e. The third-order valence-electron chi connectivity index (χ3n) is 4.43. The summed E-state index contributed by atoms with van der Waals surface area (Å²) in [6.45, 7) is 1.98. The van der Waals surface area contributed by atoms with Gasteiger partial charge in [-0.3, -0.25) is 9.80 Å². The second-order valence-corrected chi connectivity index (χ2v) is 7.02. The number of carbonyl (C=O) groups excluding carboxylic acids is 1. The Morgan fingerprint density at radius 3 is 2.78 bits per heavy atom. The summed E-state index contributed by atoms with van der Waals surface area (Å²) in [6.07, 6.45) is 1.78. The molecule has 4 N–H and O–H groups in total. The van der Waals surface area contributed by atoms with Crippen molar-refractivity contribution in [2.75, 3.05) is 11.6 Å². The molecule has 0 fully saturated rings. The molecular formula is C18H18Cl2FN5O. The van der Waals surface area contributed by atoms with Crippen LogP contribution in [0, 0.1) is 5.82 Å². The standard InChI is InChI=1S/C18H18Cl2FN5O/c1-10-8-15(26(23)17-13(21)6-3-7-24-17)14(22)9-25(10)18(27)11-4-2-5-12(19)16(11)20/h2-7,10H,8-9,22-23H2,1H3. The SMILES string of the molecule is CC1CC(N(N)c2ncccc2F)=C(N)CN1C(=O)c1cccc(Cl)c1Cl. The lowest BCUT2D eigenvalue weighted by molar-refractivity contribution is 0.0695. The lowest BCUT2D eigenvalue weighted by Gasteiger charge is -2.37. The van der Waals surface area contributed by atoms with Crippen molar-refractivity contribution in [3.8, 4) is 0 Å². The molecule has 2 aromatic rings. The molecule has 9 heteroatoms. The number of hydrogen-bond acceptors (Lipinski definition) is 5. The molecule has 142 valence electrons.